The number of nitrogens with one attached hydrogen (secondary N) is 1. The topological polar surface area (TPSA) is 15.8 Å². The van der Waals surface area contributed by atoms with E-state index >= 15 is 0 Å². The summed E-state index contributed by atoms with van der Waals surface area (Å²) in [5, 5.41) is 0. The van der Waals surface area contributed by atoms with E-state index in [0.717, 1.165) is 6.42 Å². The van der Waals surface area contributed by atoms with Crippen LogP contribution in [-0.2, 0) is 0 Å². The minimum atomic E-state index is 1.03. The van der Waals surface area contributed by atoms with Crippen molar-refractivity contribution in [3.05, 3.63) is 47.7 Å². The molecule has 0 bridgehead atoms. The Kier molecular flexibility index (Phi) is 1.57. The third kappa shape index (κ3) is 1.02. The molecule has 1 aliphatic heterocycles. The molecule has 3 aliphatic rings. The zero-order valence-electron chi connectivity index (χ0n) is 7.83. The number of aromatic amines is 1. The Morgan fingerprint density at radius 3 is 3.07 bits per heavy atom. The van der Waals surface area contributed by atoms with Crippen molar-refractivity contribution in [3.8, 4) is 11.3 Å². The van der Waals surface area contributed by atoms with Crippen molar-refractivity contribution in [2.24, 2.45) is 0 Å². The highest BCUT2D eigenvalue weighted by molar-refractivity contribution is 5.84. The minimum absolute atomic E-state index is 1.03. The molecule has 0 aromatic heterocycles. The first-order valence-electron chi connectivity index (χ1n) is 4.88. The molecule has 0 spiro atoms. The van der Waals surface area contributed by atoms with Crippen LogP contribution in [-0.4, -0.2) is 4.98 Å². The van der Waals surface area contributed by atoms with Crippen molar-refractivity contribution < 1.29 is 0 Å². The number of aromatic nitrogens is 1. The average Bonchev–Trinajstić information content (AvgIpc) is 2.42. The Morgan fingerprint density at radius 2 is 2.07 bits per heavy atom. The van der Waals surface area contributed by atoms with E-state index in [9.17, 15) is 0 Å². The Labute approximate surface area is 83.1 Å². The summed E-state index contributed by atoms with van der Waals surface area (Å²) in [7, 11) is 0. The fourth-order valence-electron chi connectivity index (χ4n) is 1.97. The van der Waals surface area contributed by atoms with Crippen molar-refractivity contribution in [3.63, 3.8) is 0 Å². The third-order valence-electron chi connectivity index (χ3n) is 2.63. The van der Waals surface area contributed by atoms with Crippen molar-refractivity contribution in [2.75, 3.05) is 0 Å². The number of fused-ring (bicyclic) bond motifs is 3. The molecule has 0 aromatic carbocycles. The normalized spacial score (nSPS) is 14.3. The lowest BCUT2D eigenvalue weighted by atomic mass is 10.1. The fourth-order valence-corrected chi connectivity index (χ4v) is 1.97. The van der Waals surface area contributed by atoms with Gasteiger partial charge in [0.05, 0.1) is 5.69 Å². The molecule has 1 heterocycles. The molecule has 0 radical (unpaired) electrons. The number of H-pyrrole nitrogens is 1. The van der Waals surface area contributed by atoms with Gasteiger partial charge in [-0.1, -0.05) is 30.4 Å². The highest BCUT2D eigenvalue weighted by atomic mass is 14.7. The van der Waals surface area contributed by atoms with E-state index in [2.05, 4.69) is 41.4 Å². The van der Waals surface area contributed by atoms with Gasteiger partial charge in [0.1, 0.15) is 0 Å². The van der Waals surface area contributed by atoms with Crippen LogP contribution in [0.1, 0.15) is 17.5 Å². The van der Waals surface area contributed by atoms with Crippen LogP contribution in [0.25, 0.3) is 23.4 Å². The second-order valence-corrected chi connectivity index (χ2v) is 3.55. The van der Waals surface area contributed by atoms with Crippen LogP contribution < -0.4 is 0 Å². The van der Waals surface area contributed by atoms with Gasteiger partial charge in [0.15, 0.2) is 0 Å². The van der Waals surface area contributed by atoms with Crippen molar-refractivity contribution in [2.45, 2.75) is 6.42 Å². The van der Waals surface area contributed by atoms with E-state index in [1.165, 1.54) is 22.4 Å². The summed E-state index contributed by atoms with van der Waals surface area (Å²) in [5.41, 5.74) is 5.16. The lowest BCUT2D eigenvalue weighted by molar-refractivity contribution is 1.33. The van der Waals surface area contributed by atoms with E-state index in [-0.39, 0.29) is 0 Å². The summed E-state index contributed by atoms with van der Waals surface area (Å²) in [6.07, 6.45) is 11.8. The van der Waals surface area contributed by atoms with E-state index in [1.807, 2.05) is 12.3 Å². The van der Waals surface area contributed by atoms with Gasteiger partial charge in [0.25, 0.3) is 0 Å². The van der Waals surface area contributed by atoms with Crippen LogP contribution in [0.15, 0.2) is 36.5 Å². The van der Waals surface area contributed by atoms with Crippen LogP contribution in [0.5, 0.6) is 0 Å². The molecule has 1 N–H and O–H groups in total. The molecule has 14 heavy (non-hydrogen) atoms. The van der Waals surface area contributed by atoms with Crippen LogP contribution in [0.4, 0.5) is 0 Å². The first-order valence-corrected chi connectivity index (χ1v) is 4.88. The van der Waals surface area contributed by atoms with Crippen LogP contribution in [0.3, 0.4) is 0 Å². The zero-order chi connectivity index (χ0) is 9.38. The first kappa shape index (κ1) is 7.63. The van der Waals surface area contributed by atoms with E-state index in [0.29, 0.717) is 0 Å². The molecular formula is C13H11N. The molecule has 0 saturated carbocycles. The molecule has 0 atom stereocenters. The van der Waals surface area contributed by atoms with Crippen molar-refractivity contribution in [1.29, 1.82) is 0 Å². The Bertz CT molecular complexity index is 488. The standard InChI is InChI=1S/C13H11N/c1-2-5-10-9-11-6-4-8-14-13(11)12(10)7-3-1/h2-9,14H,1H2. The predicted octanol–water partition coefficient (Wildman–Crippen LogP) is 3.55. The molecule has 2 aliphatic carbocycles. The summed E-state index contributed by atoms with van der Waals surface area (Å²) >= 11 is 0. The van der Waals surface area contributed by atoms with Crippen LogP contribution in [0, 0.1) is 0 Å². The van der Waals surface area contributed by atoms with Gasteiger partial charge in [-0.3, -0.25) is 0 Å². The number of allylic oxidation sites excluding steroid dienone is 2. The van der Waals surface area contributed by atoms with Crippen molar-refractivity contribution >= 4 is 12.2 Å². The molecule has 3 rings (SSSR count). The lowest BCUT2D eigenvalue weighted by Gasteiger charge is -1.99. The van der Waals surface area contributed by atoms with E-state index in [1.54, 1.807) is 0 Å². The minimum Gasteiger partial charge on any atom is -0.361 e. The molecule has 1 heteroatoms. The van der Waals surface area contributed by atoms with Crippen molar-refractivity contribution in [1.82, 2.24) is 4.98 Å². The van der Waals surface area contributed by atoms with E-state index < -0.39 is 0 Å². The predicted molar refractivity (Wildman–Crippen MR) is 60.1 cm³/mol. The maximum Gasteiger partial charge on any atom is 0.0533 e. The maximum absolute atomic E-state index is 3.30. The van der Waals surface area contributed by atoms with Gasteiger partial charge in [-0.05, 0) is 29.7 Å². The number of pyridine rings is 1. The van der Waals surface area contributed by atoms with Gasteiger partial charge in [-0.25, -0.2) is 0 Å². The third-order valence-corrected chi connectivity index (χ3v) is 2.63. The van der Waals surface area contributed by atoms with Gasteiger partial charge in [0.2, 0.25) is 0 Å². The second-order valence-electron chi connectivity index (χ2n) is 3.55. The highest BCUT2D eigenvalue weighted by Gasteiger charge is 2.12. The summed E-state index contributed by atoms with van der Waals surface area (Å²) in [6, 6.07) is 6.41. The SMILES string of the molecule is C1=Cc2cc3ccc[nH]c-3c2C=CC1. The molecule has 0 unspecified atom stereocenters. The molecule has 0 saturated heterocycles. The Balaban J connectivity index is 2.35. The smallest absolute Gasteiger partial charge is 0.0533 e. The number of rotatable bonds is 0. The monoisotopic (exact) mass is 181 g/mol. The lowest BCUT2D eigenvalue weighted by Crippen LogP contribution is -1.81. The molecule has 68 valence electrons. The average molecular weight is 181 g/mol. The molecule has 0 aromatic rings. The number of hydrogen-bond acceptors (Lipinski definition) is 0. The molecule has 0 fully saturated rings. The van der Waals surface area contributed by atoms with E-state index in [4.69, 9.17) is 0 Å². The summed E-state index contributed by atoms with van der Waals surface area (Å²) in [6.45, 7) is 0. The quantitative estimate of drug-likeness (QED) is 0.639. The van der Waals surface area contributed by atoms with Crippen LogP contribution in [0.2, 0.25) is 0 Å². The molecule has 0 amide bonds. The maximum atomic E-state index is 3.30. The second kappa shape index (κ2) is 2.88. The largest absolute Gasteiger partial charge is 0.361 e. The summed E-state index contributed by atoms with van der Waals surface area (Å²) in [5.74, 6) is 0. The molecule has 1 nitrogen and oxygen atoms in total. The van der Waals surface area contributed by atoms with Crippen LogP contribution >= 0.6 is 0 Å². The van der Waals surface area contributed by atoms with Gasteiger partial charge >= 0.3 is 0 Å². The summed E-state index contributed by atoms with van der Waals surface area (Å²) in [4.78, 5) is 3.30. The molecular weight excluding hydrogens is 170 g/mol. The Morgan fingerprint density at radius 1 is 1.14 bits per heavy atom. The highest BCUT2D eigenvalue weighted by Crippen LogP contribution is 2.32. The fraction of sp³-hybridized carbons (Fsp3) is 0.0769. The number of hydrogen-bond donors (Lipinski definition) is 1. The van der Waals surface area contributed by atoms with Gasteiger partial charge in [0, 0.05) is 11.8 Å². The zero-order valence-corrected chi connectivity index (χ0v) is 7.83. The summed E-state index contributed by atoms with van der Waals surface area (Å²) < 4.78 is 0. The van der Waals surface area contributed by atoms with Gasteiger partial charge < -0.3 is 4.98 Å². The van der Waals surface area contributed by atoms with Gasteiger partial charge in [-0.15, -0.1) is 0 Å². The first-order chi connectivity index (χ1) is 6.95. The Hall–Kier alpha value is -1.76. The van der Waals surface area contributed by atoms with Gasteiger partial charge in [-0.2, -0.15) is 0 Å².